The number of rotatable bonds is 6. The number of hydrogen-bond acceptors (Lipinski definition) is 3. The number of nitrogens with zero attached hydrogens (tertiary/aromatic N) is 2. The first-order chi connectivity index (χ1) is 10.6. The third-order valence-corrected chi connectivity index (χ3v) is 3.56. The lowest BCUT2D eigenvalue weighted by atomic mass is 10.2. The van der Waals surface area contributed by atoms with Gasteiger partial charge in [0, 0.05) is 30.4 Å². The number of halogens is 1. The number of aromatic nitrogens is 2. The van der Waals surface area contributed by atoms with Crippen molar-refractivity contribution >= 4 is 34.7 Å². The Morgan fingerprint density at radius 3 is 2.77 bits per heavy atom. The third-order valence-electron chi connectivity index (χ3n) is 3.06. The van der Waals surface area contributed by atoms with Gasteiger partial charge in [0.15, 0.2) is 10.9 Å². The average Bonchev–Trinajstić information content (AvgIpc) is 2.81. The van der Waals surface area contributed by atoms with Crippen molar-refractivity contribution in [2.24, 2.45) is 0 Å². The maximum absolute atomic E-state index is 5.90. The van der Waals surface area contributed by atoms with Crippen molar-refractivity contribution in [2.75, 3.05) is 25.6 Å². The monoisotopic (exact) mass is 338 g/mol. The Balaban J connectivity index is 1.95. The minimum absolute atomic E-state index is 0.535. The van der Waals surface area contributed by atoms with Crippen molar-refractivity contribution in [1.29, 1.82) is 0 Å². The van der Waals surface area contributed by atoms with E-state index >= 15 is 0 Å². The van der Waals surface area contributed by atoms with E-state index in [1.807, 2.05) is 41.9 Å². The van der Waals surface area contributed by atoms with Crippen LogP contribution in [0.5, 0.6) is 0 Å². The van der Waals surface area contributed by atoms with Gasteiger partial charge < -0.3 is 15.4 Å². The lowest BCUT2D eigenvalue weighted by Crippen LogP contribution is -2.31. The third kappa shape index (κ3) is 4.98. The van der Waals surface area contributed by atoms with Crippen LogP contribution in [0.2, 0.25) is 5.02 Å². The molecule has 1 aromatic heterocycles. The molecule has 2 rings (SSSR count). The van der Waals surface area contributed by atoms with E-state index in [0.29, 0.717) is 24.8 Å². The predicted molar refractivity (Wildman–Crippen MR) is 93.6 cm³/mol. The van der Waals surface area contributed by atoms with Crippen molar-refractivity contribution in [2.45, 2.75) is 13.5 Å². The Hall–Kier alpha value is -1.63. The summed E-state index contributed by atoms with van der Waals surface area (Å²) in [6.07, 6.45) is 0. The molecule has 1 aromatic carbocycles. The van der Waals surface area contributed by atoms with Crippen LogP contribution in [-0.4, -0.2) is 35.2 Å². The van der Waals surface area contributed by atoms with Crippen LogP contribution in [0.15, 0.2) is 30.3 Å². The standard InChI is InChI=1S/C15H19ClN4OS/c1-11-9-14(18-15(22)17-7-8-21-2)19-20(11)10-12-3-5-13(16)6-4-12/h3-6,9H,7-8,10H2,1-2H3,(H2,17,18,19,22). The summed E-state index contributed by atoms with van der Waals surface area (Å²) in [6, 6.07) is 9.70. The molecule has 0 fully saturated rings. The minimum Gasteiger partial charge on any atom is -0.383 e. The number of thiocarbonyl (C=S) groups is 1. The van der Waals surface area contributed by atoms with Crippen molar-refractivity contribution in [1.82, 2.24) is 15.1 Å². The van der Waals surface area contributed by atoms with Crippen LogP contribution >= 0.6 is 23.8 Å². The predicted octanol–water partition coefficient (Wildman–Crippen LogP) is 2.83. The van der Waals surface area contributed by atoms with E-state index in [2.05, 4.69) is 15.7 Å². The Morgan fingerprint density at radius 2 is 2.09 bits per heavy atom. The van der Waals surface area contributed by atoms with Gasteiger partial charge in [-0.1, -0.05) is 23.7 Å². The summed E-state index contributed by atoms with van der Waals surface area (Å²) in [7, 11) is 1.65. The molecular formula is C15H19ClN4OS. The van der Waals surface area contributed by atoms with Crippen molar-refractivity contribution in [3.63, 3.8) is 0 Å². The second kappa shape index (κ2) is 8.12. The van der Waals surface area contributed by atoms with Crippen LogP contribution < -0.4 is 10.6 Å². The van der Waals surface area contributed by atoms with Gasteiger partial charge in [0.2, 0.25) is 0 Å². The molecule has 22 heavy (non-hydrogen) atoms. The van der Waals surface area contributed by atoms with Gasteiger partial charge >= 0.3 is 0 Å². The minimum atomic E-state index is 0.535. The molecule has 0 radical (unpaired) electrons. The number of hydrogen-bond donors (Lipinski definition) is 2. The van der Waals surface area contributed by atoms with Crippen LogP contribution in [0.3, 0.4) is 0 Å². The zero-order valence-electron chi connectivity index (χ0n) is 12.6. The second-order valence-corrected chi connectivity index (χ2v) is 5.67. The van der Waals surface area contributed by atoms with E-state index in [-0.39, 0.29) is 0 Å². The van der Waals surface area contributed by atoms with Gasteiger partial charge in [-0.2, -0.15) is 5.10 Å². The molecule has 0 atom stereocenters. The molecule has 118 valence electrons. The van der Waals surface area contributed by atoms with Crippen molar-refractivity contribution in [3.8, 4) is 0 Å². The highest BCUT2D eigenvalue weighted by atomic mass is 35.5. The fraction of sp³-hybridized carbons (Fsp3) is 0.333. The number of aryl methyl sites for hydroxylation is 1. The largest absolute Gasteiger partial charge is 0.383 e. The number of anilines is 1. The second-order valence-electron chi connectivity index (χ2n) is 4.83. The summed E-state index contributed by atoms with van der Waals surface area (Å²) in [5.74, 6) is 0.724. The van der Waals surface area contributed by atoms with E-state index in [9.17, 15) is 0 Å². The maximum atomic E-state index is 5.90. The van der Waals surface area contributed by atoms with Crippen LogP contribution in [0.25, 0.3) is 0 Å². The topological polar surface area (TPSA) is 51.1 Å². The Kier molecular flexibility index (Phi) is 6.18. The molecule has 5 nitrogen and oxygen atoms in total. The Labute approximate surface area is 140 Å². The van der Waals surface area contributed by atoms with Gasteiger partial charge in [-0.15, -0.1) is 0 Å². The van der Waals surface area contributed by atoms with Crippen LogP contribution in [0.1, 0.15) is 11.3 Å². The molecule has 0 saturated heterocycles. The molecule has 0 aliphatic heterocycles. The van der Waals surface area contributed by atoms with Gasteiger partial charge in [0.05, 0.1) is 13.2 Å². The van der Waals surface area contributed by atoms with E-state index < -0.39 is 0 Å². The molecule has 0 amide bonds. The highest BCUT2D eigenvalue weighted by molar-refractivity contribution is 7.80. The summed E-state index contributed by atoms with van der Waals surface area (Å²) in [5.41, 5.74) is 2.19. The molecule has 0 aliphatic carbocycles. The SMILES string of the molecule is COCCNC(=S)Nc1cc(C)n(Cc2ccc(Cl)cc2)n1. The molecule has 0 aliphatic rings. The summed E-state index contributed by atoms with van der Waals surface area (Å²) in [6.45, 7) is 3.96. The van der Waals surface area contributed by atoms with E-state index in [4.69, 9.17) is 28.6 Å². The fourth-order valence-corrected chi connectivity index (χ4v) is 2.25. The molecule has 0 saturated carbocycles. The molecule has 0 unspecified atom stereocenters. The molecular weight excluding hydrogens is 320 g/mol. The average molecular weight is 339 g/mol. The van der Waals surface area contributed by atoms with Crippen molar-refractivity contribution < 1.29 is 4.74 Å². The first kappa shape index (κ1) is 16.7. The fourth-order valence-electron chi connectivity index (χ4n) is 1.92. The normalized spacial score (nSPS) is 10.5. The van der Waals surface area contributed by atoms with E-state index in [0.717, 1.165) is 22.1 Å². The number of nitrogens with one attached hydrogen (secondary N) is 2. The molecule has 0 spiro atoms. The number of methoxy groups -OCH3 is 1. The summed E-state index contributed by atoms with van der Waals surface area (Å²) >= 11 is 11.1. The van der Waals surface area contributed by atoms with Gasteiger partial charge in [-0.3, -0.25) is 4.68 Å². The van der Waals surface area contributed by atoms with Crippen molar-refractivity contribution in [3.05, 3.63) is 46.6 Å². The highest BCUT2D eigenvalue weighted by Crippen LogP contribution is 2.13. The lowest BCUT2D eigenvalue weighted by Gasteiger charge is -2.07. The van der Waals surface area contributed by atoms with Gasteiger partial charge in [-0.25, -0.2) is 0 Å². The smallest absolute Gasteiger partial charge is 0.172 e. The summed E-state index contributed by atoms with van der Waals surface area (Å²) in [5, 5.41) is 11.9. The molecule has 7 heteroatoms. The zero-order valence-corrected chi connectivity index (χ0v) is 14.2. The molecule has 0 bridgehead atoms. The highest BCUT2D eigenvalue weighted by Gasteiger charge is 2.06. The van der Waals surface area contributed by atoms with Gasteiger partial charge in [-0.05, 0) is 36.8 Å². The number of ether oxygens (including phenoxy) is 1. The van der Waals surface area contributed by atoms with Gasteiger partial charge in [0.1, 0.15) is 0 Å². The molecule has 2 N–H and O–H groups in total. The first-order valence-electron chi connectivity index (χ1n) is 6.91. The zero-order chi connectivity index (χ0) is 15.9. The van der Waals surface area contributed by atoms with E-state index in [1.54, 1.807) is 7.11 Å². The maximum Gasteiger partial charge on any atom is 0.172 e. The number of benzene rings is 1. The molecule has 2 aromatic rings. The Morgan fingerprint density at radius 1 is 1.36 bits per heavy atom. The van der Waals surface area contributed by atoms with Crippen LogP contribution in [0.4, 0.5) is 5.82 Å². The van der Waals surface area contributed by atoms with Crippen LogP contribution in [0, 0.1) is 6.92 Å². The lowest BCUT2D eigenvalue weighted by molar-refractivity contribution is 0.204. The van der Waals surface area contributed by atoms with E-state index in [1.165, 1.54) is 0 Å². The van der Waals surface area contributed by atoms with Gasteiger partial charge in [0.25, 0.3) is 0 Å². The van der Waals surface area contributed by atoms with Crippen LogP contribution in [-0.2, 0) is 11.3 Å². The molecule has 1 heterocycles. The summed E-state index contributed by atoms with van der Waals surface area (Å²) < 4.78 is 6.88. The Bertz CT molecular complexity index is 627. The summed E-state index contributed by atoms with van der Waals surface area (Å²) in [4.78, 5) is 0. The quantitative estimate of drug-likeness (QED) is 0.626. The first-order valence-corrected chi connectivity index (χ1v) is 7.70.